The normalized spacial score (nSPS) is 14.9. The highest BCUT2D eigenvalue weighted by molar-refractivity contribution is 8.00. The predicted octanol–water partition coefficient (Wildman–Crippen LogP) is 4.46. The van der Waals surface area contributed by atoms with Crippen LogP contribution in [0.25, 0.3) is 5.69 Å². The van der Waals surface area contributed by atoms with Gasteiger partial charge in [0.2, 0.25) is 11.9 Å². The number of nitrogens with one attached hydrogen (secondary N) is 1. The van der Waals surface area contributed by atoms with Crippen LogP contribution >= 0.6 is 11.8 Å². The minimum Gasteiger partial charge on any atom is -0.378 e. The van der Waals surface area contributed by atoms with Crippen LogP contribution < -0.4 is 10.2 Å². The molecule has 1 atom stereocenters. The second kappa shape index (κ2) is 9.97. The van der Waals surface area contributed by atoms with E-state index in [4.69, 9.17) is 4.74 Å². The molecular weight excluding hydrogens is 434 g/mol. The lowest BCUT2D eigenvalue weighted by molar-refractivity contribution is -0.115. The predicted molar refractivity (Wildman–Crippen MR) is 134 cm³/mol. The van der Waals surface area contributed by atoms with E-state index in [0.29, 0.717) is 18.4 Å². The fraction of sp³-hybridized carbons (Fsp3) is 0.400. The van der Waals surface area contributed by atoms with E-state index in [-0.39, 0.29) is 11.2 Å². The number of thioether (sulfide) groups is 1. The van der Waals surface area contributed by atoms with Crippen molar-refractivity contribution in [1.82, 2.24) is 14.8 Å². The van der Waals surface area contributed by atoms with E-state index in [9.17, 15) is 4.79 Å². The first kappa shape index (κ1) is 23.3. The largest absolute Gasteiger partial charge is 0.378 e. The molecule has 1 aliphatic rings. The Morgan fingerprint density at radius 3 is 2.27 bits per heavy atom. The monoisotopic (exact) mass is 465 g/mol. The van der Waals surface area contributed by atoms with Gasteiger partial charge in [-0.3, -0.25) is 9.36 Å². The molecule has 0 aliphatic carbocycles. The molecule has 2 aromatic carbocycles. The molecule has 1 N–H and O–H groups in total. The van der Waals surface area contributed by atoms with Crippen LogP contribution in [0.4, 0.5) is 11.6 Å². The molecule has 174 valence electrons. The summed E-state index contributed by atoms with van der Waals surface area (Å²) in [6.45, 7) is 12.9. The number of amides is 1. The number of aryl methyl sites for hydroxylation is 4. The molecule has 4 rings (SSSR count). The molecule has 1 unspecified atom stereocenters. The first-order valence-electron chi connectivity index (χ1n) is 11.2. The SMILES string of the molecule is Cc1ccc(-n2c(SC(C)C(=O)Nc3c(C)cc(C)cc3C)nnc2N2CCOCC2)cc1. The lowest BCUT2D eigenvalue weighted by Gasteiger charge is -2.28. The molecule has 1 saturated heterocycles. The summed E-state index contributed by atoms with van der Waals surface area (Å²) in [4.78, 5) is 15.3. The van der Waals surface area contributed by atoms with Crippen molar-refractivity contribution in [2.45, 2.75) is 45.0 Å². The van der Waals surface area contributed by atoms with Crippen LogP contribution in [0.2, 0.25) is 0 Å². The molecule has 0 radical (unpaired) electrons. The fourth-order valence-corrected chi connectivity index (χ4v) is 4.90. The maximum absolute atomic E-state index is 13.1. The van der Waals surface area contributed by atoms with Gasteiger partial charge in [-0.05, 0) is 57.9 Å². The van der Waals surface area contributed by atoms with Crippen LogP contribution in [0.1, 0.15) is 29.2 Å². The molecule has 1 aliphatic heterocycles. The van der Waals surface area contributed by atoms with Crippen LogP contribution in [-0.2, 0) is 9.53 Å². The molecular formula is C25H31N5O2S. The van der Waals surface area contributed by atoms with Crippen LogP contribution in [-0.4, -0.2) is 52.2 Å². The molecule has 7 nitrogen and oxygen atoms in total. The van der Waals surface area contributed by atoms with E-state index in [1.165, 1.54) is 22.9 Å². The summed E-state index contributed by atoms with van der Waals surface area (Å²) < 4.78 is 7.55. The van der Waals surface area contributed by atoms with Crippen LogP contribution in [0.15, 0.2) is 41.6 Å². The van der Waals surface area contributed by atoms with Crippen molar-refractivity contribution in [2.75, 3.05) is 36.5 Å². The van der Waals surface area contributed by atoms with Gasteiger partial charge in [-0.15, -0.1) is 10.2 Å². The van der Waals surface area contributed by atoms with Gasteiger partial charge in [0.1, 0.15) is 0 Å². The Bertz CT molecular complexity index is 1110. The highest BCUT2D eigenvalue weighted by atomic mass is 32.2. The molecule has 0 saturated carbocycles. The number of anilines is 2. The van der Waals surface area contributed by atoms with E-state index in [0.717, 1.165) is 41.5 Å². The zero-order valence-corrected chi connectivity index (χ0v) is 20.7. The molecule has 1 aromatic heterocycles. The van der Waals surface area contributed by atoms with Crippen molar-refractivity contribution in [3.05, 3.63) is 58.7 Å². The van der Waals surface area contributed by atoms with Crippen LogP contribution in [0.5, 0.6) is 0 Å². The first-order chi connectivity index (χ1) is 15.8. The van der Waals surface area contributed by atoms with Gasteiger partial charge in [0, 0.05) is 18.8 Å². The van der Waals surface area contributed by atoms with Crippen molar-refractivity contribution in [2.24, 2.45) is 0 Å². The van der Waals surface area contributed by atoms with Gasteiger partial charge >= 0.3 is 0 Å². The third-order valence-corrected chi connectivity index (χ3v) is 6.82. The van der Waals surface area contributed by atoms with E-state index < -0.39 is 0 Å². The van der Waals surface area contributed by atoms with Gasteiger partial charge in [0.15, 0.2) is 5.16 Å². The molecule has 1 fully saturated rings. The van der Waals surface area contributed by atoms with Crippen LogP contribution in [0, 0.1) is 27.7 Å². The van der Waals surface area contributed by atoms with E-state index in [1.807, 2.05) is 25.3 Å². The molecule has 2 heterocycles. The zero-order valence-electron chi connectivity index (χ0n) is 19.9. The van der Waals surface area contributed by atoms with Crippen molar-refractivity contribution in [3.8, 4) is 5.69 Å². The summed E-state index contributed by atoms with van der Waals surface area (Å²) in [6.07, 6.45) is 0. The highest BCUT2D eigenvalue weighted by Gasteiger charge is 2.25. The average Bonchev–Trinajstić information content (AvgIpc) is 3.20. The minimum atomic E-state index is -0.351. The maximum atomic E-state index is 13.1. The van der Waals surface area contributed by atoms with Gasteiger partial charge in [-0.1, -0.05) is 47.2 Å². The Labute approximate surface area is 199 Å². The third kappa shape index (κ3) is 5.23. The van der Waals surface area contributed by atoms with Gasteiger partial charge in [0.05, 0.1) is 24.2 Å². The molecule has 8 heteroatoms. The minimum absolute atomic E-state index is 0.0542. The Morgan fingerprint density at radius 2 is 1.64 bits per heavy atom. The number of morpholine rings is 1. The van der Waals surface area contributed by atoms with Crippen LogP contribution in [0.3, 0.4) is 0 Å². The number of hydrogen-bond donors (Lipinski definition) is 1. The van der Waals surface area contributed by atoms with Crippen molar-refractivity contribution in [1.29, 1.82) is 0 Å². The third-order valence-electron chi connectivity index (χ3n) is 5.78. The van der Waals surface area contributed by atoms with E-state index >= 15 is 0 Å². The number of benzene rings is 2. The number of nitrogens with zero attached hydrogens (tertiary/aromatic N) is 4. The number of carbonyl (C=O) groups is 1. The highest BCUT2D eigenvalue weighted by Crippen LogP contribution is 2.31. The Hall–Kier alpha value is -2.84. The molecule has 33 heavy (non-hydrogen) atoms. The molecule has 0 spiro atoms. The summed E-state index contributed by atoms with van der Waals surface area (Å²) in [5.74, 6) is 0.726. The number of hydrogen-bond acceptors (Lipinski definition) is 6. The zero-order chi connectivity index (χ0) is 23.5. The van der Waals surface area contributed by atoms with Crippen molar-refractivity contribution >= 4 is 29.3 Å². The molecule has 3 aromatic rings. The lowest BCUT2D eigenvalue weighted by Crippen LogP contribution is -2.38. The second-order valence-electron chi connectivity index (χ2n) is 8.58. The van der Waals surface area contributed by atoms with Gasteiger partial charge < -0.3 is 15.0 Å². The quantitative estimate of drug-likeness (QED) is 0.542. The fourth-order valence-electron chi connectivity index (χ4n) is 4.04. The topological polar surface area (TPSA) is 72.3 Å². The number of aromatic nitrogens is 3. The Balaban J connectivity index is 1.60. The first-order valence-corrected chi connectivity index (χ1v) is 12.1. The molecule has 0 bridgehead atoms. The lowest BCUT2D eigenvalue weighted by atomic mass is 10.1. The second-order valence-corrected chi connectivity index (χ2v) is 9.88. The number of ether oxygens (including phenoxy) is 1. The Morgan fingerprint density at radius 1 is 1.00 bits per heavy atom. The summed E-state index contributed by atoms with van der Waals surface area (Å²) in [6, 6.07) is 12.5. The number of carbonyl (C=O) groups excluding carboxylic acids is 1. The smallest absolute Gasteiger partial charge is 0.237 e. The van der Waals surface area contributed by atoms with Gasteiger partial charge in [0.25, 0.3) is 0 Å². The van der Waals surface area contributed by atoms with E-state index in [1.54, 1.807) is 0 Å². The summed E-state index contributed by atoms with van der Waals surface area (Å²) in [5.41, 5.74) is 6.36. The average molecular weight is 466 g/mol. The van der Waals surface area contributed by atoms with E-state index in [2.05, 4.69) is 70.7 Å². The standard InChI is InChI=1S/C25H31N5O2S/c1-16-6-8-21(9-7-16)30-24(29-10-12-32-13-11-29)27-28-25(30)33-20(5)23(31)26-22-18(3)14-17(2)15-19(22)4/h6-9,14-15,20H,10-13H2,1-5H3,(H,26,31). The number of rotatable bonds is 6. The van der Waals surface area contributed by atoms with Crippen molar-refractivity contribution in [3.63, 3.8) is 0 Å². The summed E-state index contributed by atoms with van der Waals surface area (Å²) in [5, 5.41) is 12.4. The Kier molecular flexibility index (Phi) is 7.05. The van der Waals surface area contributed by atoms with Gasteiger partial charge in [-0.2, -0.15) is 0 Å². The van der Waals surface area contributed by atoms with Crippen molar-refractivity contribution < 1.29 is 9.53 Å². The molecule has 1 amide bonds. The summed E-state index contributed by atoms with van der Waals surface area (Å²) >= 11 is 1.42. The summed E-state index contributed by atoms with van der Waals surface area (Å²) in [7, 11) is 0. The maximum Gasteiger partial charge on any atom is 0.237 e. The van der Waals surface area contributed by atoms with Gasteiger partial charge in [-0.25, -0.2) is 0 Å².